The molecule has 0 saturated carbocycles. The monoisotopic (exact) mass is 230 g/mol. The first kappa shape index (κ1) is 13.0. The molecule has 1 unspecified atom stereocenters. The fraction of sp³-hybridized carbons (Fsp3) is 0.818. The lowest BCUT2D eigenvalue weighted by molar-refractivity contribution is -0.163. The van der Waals surface area contributed by atoms with E-state index >= 15 is 0 Å². The molecule has 1 heterocycles. The molecule has 92 valence electrons. The van der Waals surface area contributed by atoms with E-state index in [-0.39, 0.29) is 13.2 Å². The second-order valence-corrected chi connectivity index (χ2v) is 3.57. The largest absolute Gasteiger partial charge is 0.463 e. The van der Waals surface area contributed by atoms with Gasteiger partial charge >= 0.3 is 11.9 Å². The molecule has 1 rings (SSSR count). The SMILES string of the molecule is CCCC1OC1(C(=O)OCC)C(=O)OCC. The lowest BCUT2D eigenvalue weighted by atomic mass is 10.0. The maximum atomic E-state index is 11.7. The van der Waals surface area contributed by atoms with Crippen molar-refractivity contribution in [2.24, 2.45) is 0 Å². The van der Waals surface area contributed by atoms with E-state index in [4.69, 9.17) is 14.2 Å². The van der Waals surface area contributed by atoms with Gasteiger partial charge in [0, 0.05) is 0 Å². The van der Waals surface area contributed by atoms with Gasteiger partial charge < -0.3 is 14.2 Å². The Hall–Kier alpha value is -1.10. The molecule has 0 N–H and O–H groups in total. The molecular weight excluding hydrogens is 212 g/mol. The van der Waals surface area contributed by atoms with Crippen LogP contribution in [-0.2, 0) is 23.8 Å². The zero-order chi connectivity index (χ0) is 12.2. The zero-order valence-corrected chi connectivity index (χ0v) is 9.95. The van der Waals surface area contributed by atoms with Gasteiger partial charge in [0.15, 0.2) is 0 Å². The minimum Gasteiger partial charge on any atom is -0.463 e. The zero-order valence-electron chi connectivity index (χ0n) is 9.95. The molecule has 0 aromatic heterocycles. The van der Waals surface area contributed by atoms with Crippen LogP contribution in [0.4, 0.5) is 0 Å². The van der Waals surface area contributed by atoms with Gasteiger partial charge in [0.1, 0.15) is 6.10 Å². The van der Waals surface area contributed by atoms with Crippen molar-refractivity contribution in [3.05, 3.63) is 0 Å². The highest BCUT2D eigenvalue weighted by Crippen LogP contribution is 2.42. The third-order valence-electron chi connectivity index (χ3n) is 2.43. The van der Waals surface area contributed by atoms with Crippen LogP contribution >= 0.6 is 0 Å². The first-order valence-electron chi connectivity index (χ1n) is 5.65. The van der Waals surface area contributed by atoms with E-state index in [0.29, 0.717) is 6.42 Å². The third-order valence-corrected chi connectivity index (χ3v) is 2.43. The van der Waals surface area contributed by atoms with Gasteiger partial charge in [-0.15, -0.1) is 0 Å². The first-order chi connectivity index (χ1) is 7.63. The molecule has 1 aliphatic heterocycles. The summed E-state index contributed by atoms with van der Waals surface area (Å²) in [7, 11) is 0. The van der Waals surface area contributed by atoms with Gasteiger partial charge in [-0.3, -0.25) is 0 Å². The maximum absolute atomic E-state index is 11.7. The van der Waals surface area contributed by atoms with Crippen LogP contribution in [0.3, 0.4) is 0 Å². The van der Waals surface area contributed by atoms with Crippen molar-refractivity contribution in [3.63, 3.8) is 0 Å². The molecule has 1 fully saturated rings. The maximum Gasteiger partial charge on any atom is 0.353 e. The fourth-order valence-corrected chi connectivity index (χ4v) is 1.63. The van der Waals surface area contributed by atoms with Crippen LogP contribution in [0.15, 0.2) is 0 Å². The highest BCUT2D eigenvalue weighted by atomic mass is 16.7. The van der Waals surface area contributed by atoms with Gasteiger partial charge in [-0.05, 0) is 20.3 Å². The summed E-state index contributed by atoms with van der Waals surface area (Å²) in [5, 5.41) is 0. The van der Waals surface area contributed by atoms with Gasteiger partial charge in [-0.25, -0.2) is 9.59 Å². The molecule has 0 aromatic rings. The number of hydrogen-bond acceptors (Lipinski definition) is 5. The Morgan fingerprint density at radius 2 is 1.62 bits per heavy atom. The van der Waals surface area contributed by atoms with Crippen molar-refractivity contribution >= 4 is 11.9 Å². The minimum atomic E-state index is -1.48. The fourth-order valence-electron chi connectivity index (χ4n) is 1.63. The summed E-state index contributed by atoms with van der Waals surface area (Å²) in [5.41, 5.74) is -1.48. The number of hydrogen-bond donors (Lipinski definition) is 0. The van der Waals surface area contributed by atoms with Crippen molar-refractivity contribution in [2.75, 3.05) is 13.2 Å². The highest BCUT2D eigenvalue weighted by Gasteiger charge is 2.70. The van der Waals surface area contributed by atoms with E-state index in [1.54, 1.807) is 13.8 Å². The Balaban J connectivity index is 2.72. The molecule has 0 amide bonds. The third kappa shape index (κ3) is 2.19. The Morgan fingerprint density at radius 3 is 2.00 bits per heavy atom. The molecule has 1 saturated heterocycles. The molecule has 1 aliphatic rings. The lowest BCUT2D eigenvalue weighted by Gasteiger charge is -2.10. The summed E-state index contributed by atoms with van der Waals surface area (Å²) in [6.45, 7) is 5.79. The summed E-state index contributed by atoms with van der Waals surface area (Å²) in [5.74, 6) is -1.26. The minimum absolute atomic E-state index is 0.224. The average molecular weight is 230 g/mol. The Bertz CT molecular complexity index is 256. The lowest BCUT2D eigenvalue weighted by Crippen LogP contribution is -2.39. The Kier molecular flexibility index (Phi) is 4.29. The molecule has 1 atom stereocenters. The topological polar surface area (TPSA) is 65.1 Å². The van der Waals surface area contributed by atoms with E-state index in [0.717, 1.165) is 6.42 Å². The summed E-state index contributed by atoms with van der Waals surface area (Å²) < 4.78 is 14.9. The van der Waals surface area contributed by atoms with Gasteiger partial charge in [-0.2, -0.15) is 0 Å². The van der Waals surface area contributed by atoms with E-state index in [2.05, 4.69) is 0 Å². The molecule has 0 bridgehead atoms. The quantitative estimate of drug-likeness (QED) is 0.387. The molecule has 5 heteroatoms. The summed E-state index contributed by atoms with van der Waals surface area (Å²) in [6, 6.07) is 0. The van der Waals surface area contributed by atoms with Crippen LogP contribution in [0.25, 0.3) is 0 Å². The summed E-state index contributed by atoms with van der Waals surface area (Å²) in [6.07, 6.45) is 1.10. The van der Waals surface area contributed by atoms with Crippen molar-refractivity contribution in [3.8, 4) is 0 Å². The van der Waals surface area contributed by atoms with E-state index in [1.165, 1.54) is 0 Å². The number of carbonyl (C=O) groups is 2. The Labute approximate surface area is 95.0 Å². The second kappa shape index (κ2) is 5.30. The average Bonchev–Trinajstić information content (AvgIpc) is 2.95. The van der Waals surface area contributed by atoms with Crippen LogP contribution < -0.4 is 0 Å². The van der Waals surface area contributed by atoms with Gasteiger partial charge in [0.05, 0.1) is 13.2 Å². The van der Waals surface area contributed by atoms with Crippen LogP contribution in [0.1, 0.15) is 33.6 Å². The van der Waals surface area contributed by atoms with Gasteiger partial charge in [0.25, 0.3) is 5.60 Å². The van der Waals surface area contributed by atoms with E-state index < -0.39 is 23.6 Å². The number of rotatable bonds is 6. The normalized spacial score (nSPS) is 21.3. The highest BCUT2D eigenvalue weighted by molar-refractivity contribution is 6.07. The van der Waals surface area contributed by atoms with Crippen molar-refractivity contribution in [2.45, 2.75) is 45.3 Å². The van der Waals surface area contributed by atoms with Crippen LogP contribution in [0.5, 0.6) is 0 Å². The molecule has 0 aliphatic carbocycles. The predicted octanol–water partition coefficient (Wildman–Crippen LogP) is 1.05. The summed E-state index contributed by atoms with van der Waals surface area (Å²) in [4.78, 5) is 23.4. The van der Waals surface area contributed by atoms with Gasteiger partial charge in [-0.1, -0.05) is 13.3 Å². The van der Waals surface area contributed by atoms with Crippen molar-refractivity contribution < 1.29 is 23.8 Å². The van der Waals surface area contributed by atoms with Crippen molar-refractivity contribution in [1.29, 1.82) is 0 Å². The smallest absolute Gasteiger partial charge is 0.353 e. The van der Waals surface area contributed by atoms with Crippen LogP contribution in [-0.4, -0.2) is 36.9 Å². The van der Waals surface area contributed by atoms with Gasteiger partial charge in [0.2, 0.25) is 0 Å². The first-order valence-corrected chi connectivity index (χ1v) is 5.65. The second-order valence-electron chi connectivity index (χ2n) is 3.57. The molecule has 16 heavy (non-hydrogen) atoms. The van der Waals surface area contributed by atoms with Crippen molar-refractivity contribution in [1.82, 2.24) is 0 Å². The molecule has 0 aromatic carbocycles. The van der Waals surface area contributed by atoms with E-state index in [9.17, 15) is 9.59 Å². The predicted molar refractivity (Wildman–Crippen MR) is 55.8 cm³/mol. The molecule has 5 nitrogen and oxygen atoms in total. The molecule has 0 radical (unpaired) electrons. The summed E-state index contributed by atoms with van der Waals surface area (Å²) >= 11 is 0. The molecule has 0 spiro atoms. The standard InChI is InChI=1S/C11H18O5/c1-4-7-8-11(16-8,9(12)14-5-2)10(13)15-6-3/h8H,4-7H2,1-3H3. The Morgan fingerprint density at radius 1 is 1.12 bits per heavy atom. The number of ether oxygens (including phenoxy) is 3. The number of epoxide rings is 1. The number of esters is 2. The van der Waals surface area contributed by atoms with E-state index in [1.807, 2.05) is 6.92 Å². The van der Waals surface area contributed by atoms with Crippen LogP contribution in [0, 0.1) is 0 Å². The molecular formula is C11H18O5. The number of carbonyl (C=O) groups excluding carboxylic acids is 2. The van der Waals surface area contributed by atoms with Crippen LogP contribution in [0.2, 0.25) is 0 Å².